The van der Waals surface area contributed by atoms with E-state index in [1.807, 2.05) is 0 Å². The van der Waals surface area contributed by atoms with E-state index in [9.17, 15) is 4.79 Å². The molecule has 0 bridgehead atoms. The maximum Gasteiger partial charge on any atom is 0.348 e. The first-order valence-electron chi connectivity index (χ1n) is 5.57. The Hall–Kier alpha value is -3.25. The van der Waals surface area contributed by atoms with E-state index in [1.54, 1.807) is 24.3 Å². The van der Waals surface area contributed by atoms with Gasteiger partial charge in [-0.2, -0.15) is 10.5 Å². The van der Waals surface area contributed by atoms with Crippen LogP contribution in [0.1, 0.15) is 11.3 Å². The Labute approximate surface area is 112 Å². The number of hydrogen-bond acceptors (Lipinski definition) is 6. The van der Waals surface area contributed by atoms with E-state index in [1.165, 1.54) is 13.2 Å². The minimum atomic E-state index is -0.720. The van der Waals surface area contributed by atoms with Crippen LogP contribution in [0.4, 0.5) is 0 Å². The summed E-state index contributed by atoms with van der Waals surface area (Å²) in [6, 6.07) is 8.40. The monoisotopic (exact) mass is 266 g/mol. The zero-order valence-corrected chi connectivity index (χ0v) is 10.3. The average Bonchev–Trinajstić information content (AvgIpc) is 2.86. The maximum absolute atomic E-state index is 12.0. The van der Waals surface area contributed by atoms with Crippen LogP contribution in [-0.4, -0.2) is 7.11 Å². The van der Waals surface area contributed by atoms with Crippen molar-refractivity contribution in [3.8, 4) is 17.9 Å². The zero-order chi connectivity index (χ0) is 14.3. The Morgan fingerprint density at radius 1 is 1.20 bits per heavy atom. The molecule has 0 atom stereocenters. The summed E-state index contributed by atoms with van der Waals surface area (Å²) in [5.74, 6) is 0.325. The molecule has 0 radical (unpaired) electrons. The van der Waals surface area contributed by atoms with Gasteiger partial charge in [0, 0.05) is 6.07 Å². The molecule has 0 aliphatic heterocycles. The van der Waals surface area contributed by atoms with E-state index in [-0.39, 0.29) is 27.9 Å². The predicted octanol–water partition coefficient (Wildman–Crippen LogP) is 2.29. The Balaban J connectivity index is 2.56. The van der Waals surface area contributed by atoms with Gasteiger partial charge < -0.3 is 13.6 Å². The van der Waals surface area contributed by atoms with Gasteiger partial charge in [-0.05, 0) is 12.1 Å². The molecule has 2 heterocycles. The highest BCUT2D eigenvalue weighted by molar-refractivity contribution is 6.03. The molecule has 0 saturated carbocycles. The maximum atomic E-state index is 12.0. The van der Waals surface area contributed by atoms with Gasteiger partial charge in [0.05, 0.1) is 12.5 Å². The van der Waals surface area contributed by atoms with Crippen molar-refractivity contribution in [1.82, 2.24) is 0 Å². The van der Waals surface area contributed by atoms with Crippen LogP contribution in [0, 0.1) is 22.7 Å². The number of fused-ring (bicyclic) bond motifs is 3. The molecule has 0 amide bonds. The van der Waals surface area contributed by atoms with Crippen LogP contribution >= 0.6 is 0 Å². The normalized spacial score (nSPS) is 10.3. The summed E-state index contributed by atoms with van der Waals surface area (Å²) in [6.07, 6.45) is 0. The lowest BCUT2D eigenvalue weighted by atomic mass is 10.1. The SMILES string of the molecule is COc1ccc2c(c1)oc(=O)c1c(C#N)c(C#N)oc12. The summed E-state index contributed by atoms with van der Waals surface area (Å²) in [7, 11) is 1.49. The molecule has 1 aromatic carbocycles. The molecule has 6 nitrogen and oxygen atoms in total. The number of rotatable bonds is 1. The summed E-state index contributed by atoms with van der Waals surface area (Å²) in [4.78, 5) is 12.0. The van der Waals surface area contributed by atoms with Gasteiger partial charge in [-0.1, -0.05) is 0 Å². The molecule has 20 heavy (non-hydrogen) atoms. The van der Waals surface area contributed by atoms with Crippen molar-refractivity contribution >= 4 is 21.9 Å². The van der Waals surface area contributed by atoms with Gasteiger partial charge in [-0.3, -0.25) is 0 Å². The fourth-order valence-corrected chi connectivity index (χ4v) is 2.05. The lowest BCUT2D eigenvalue weighted by molar-refractivity contribution is 0.414. The second-order valence-electron chi connectivity index (χ2n) is 3.99. The minimum absolute atomic E-state index is 0.0123. The second kappa shape index (κ2) is 4.15. The van der Waals surface area contributed by atoms with Crippen LogP contribution in [0.15, 0.2) is 31.8 Å². The highest BCUT2D eigenvalue weighted by Gasteiger charge is 2.21. The van der Waals surface area contributed by atoms with Gasteiger partial charge in [0.25, 0.3) is 0 Å². The third-order valence-electron chi connectivity index (χ3n) is 2.96. The van der Waals surface area contributed by atoms with Gasteiger partial charge in [0.2, 0.25) is 5.76 Å². The third kappa shape index (κ3) is 1.46. The summed E-state index contributed by atoms with van der Waals surface area (Å²) < 4.78 is 15.5. The molecule has 0 unspecified atom stereocenters. The van der Waals surface area contributed by atoms with Crippen LogP contribution < -0.4 is 10.4 Å². The highest BCUT2D eigenvalue weighted by atomic mass is 16.5. The largest absolute Gasteiger partial charge is 0.497 e. The van der Waals surface area contributed by atoms with Gasteiger partial charge in [-0.15, -0.1) is 0 Å². The molecule has 0 saturated heterocycles. The topological polar surface area (TPSA) is 100 Å². The molecule has 3 rings (SSSR count). The number of nitriles is 2. The van der Waals surface area contributed by atoms with Crippen molar-refractivity contribution in [1.29, 1.82) is 10.5 Å². The molecule has 3 aromatic rings. The lowest BCUT2D eigenvalue weighted by Gasteiger charge is -2.01. The molecule has 6 heteroatoms. The number of ether oxygens (including phenoxy) is 1. The predicted molar refractivity (Wildman–Crippen MR) is 68.2 cm³/mol. The summed E-state index contributed by atoms with van der Waals surface area (Å²) in [5.41, 5.74) is -0.381. The number of hydrogen-bond donors (Lipinski definition) is 0. The van der Waals surface area contributed by atoms with E-state index in [2.05, 4.69) is 0 Å². The van der Waals surface area contributed by atoms with Gasteiger partial charge in [-0.25, -0.2) is 4.79 Å². The fraction of sp³-hybridized carbons (Fsp3) is 0.0714. The van der Waals surface area contributed by atoms with Gasteiger partial charge >= 0.3 is 5.63 Å². The Kier molecular flexibility index (Phi) is 2.45. The van der Waals surface area contributed by atoms with Gasteiger partial charge in [0.1, 0.15) is 34.4 Å². The number of nitrogens with zero attached hydrogens (tertiary/aromatic N) is 2. The zero-order valence-electron chi connectivity index (χ0n) is 10.3. The summed E-state index contributed by atoms with van der Waals surface area (Å²) in [5, 5.41) is 18.5. The molecule has 0 aliphatic carbocycles. The van der Waals surface area contributed by atoms with Crippen LogP contribution in [0.25, 0.3) is 21.9 Å². The van der Waals surface area contributed by atoms with Gasteiger partial charge in [0.15, 0.2) is 5.58 Å². The Morgan fingerprint density at radius 3 is 2.65 bits per heavy atom. The first-order chi connectivity index (χ1) is 9.69. The highest BCUT2D eigenvalue weighted by Crippen LogP contribution is 2.30. The smallest absolute Gasteiger partial charge is 0.348 e. The van der Waals surface area contributed by atoms with E-state index in [4.69, 9.17) is 24.1 Å². The first-order valence-corrected chi connectivity index (χ1v) is 5.57. The van der Waals surface area contributed by atoms with Crippen molar-refractivity contribution < 1.29 is 13.6 Å². The van der Waals surface area contributed by atoms with E-state index in [0.29, 0.717) is 11.1 Å². The van der Waals surface area contributed by atoms with Crippen LogP contribution in [0.5, 0.6) is 5.75 Å². The molecule has 2 aromatic heterocycles. The molecule has 0 N–H and O–H groups in total. The van der Waals surface area contributed by atoms with E-state index >= 15 is 0 Å². The molecule has 0 spiro atoms. The van der Waals surface area contributed by atoms with Crippen molar-refractivity contribution in [3.63, 3.8) is 0 Å². The van der Waals surface area contributed by atoms with Crippen molar-refractivity contribution in [2.45, 2.75) is 0 Å². The van der Waals surface area contributed by atoms with Crippen molar-refractivity contribution in [2.75, 3.05) is 7.11 Å². The molecule has 96 valence electrons. The fourth-order valence-electron chi connectivity index (χ4n) is 2.05. The van der Waals surface area contributed by atoms with Crippen LogP contribution in [0.3, 0.4) is 0 Å². The standard InChI is InChI=1S/C14H6N2O4/c1-18-7-2-3-8-10(4-7)20-14(17)12-9(5-15)11(6-16)19-13(8)12/h2-4H,1H3. The van der Waals surface area contributed by atoms with Crippen LogP contribution in [0.2, 0.25) is 0 Å². The minimum Gasteiger partial charge on any atom is -0.497 e. The molecule has 0 aliphatic rings. The molecular formula is C14H6N2O4. The van der Waals surface area contributed by atoms with Crippen LogP contribution in [-0.2, 0) is 0 Å². The quantitative estimate of drug-likeness (QED) is 0.626. The average molecular weight is 266 g/mol. The Bertz CT molecular complexity index is 983. The molecule has 0 fully saturated rings. The summed E-state index contributed by atoms with van der Waals surface area (Å²) in [6.45, 7) is 0. The second-order valence-corrected chi connectivity index (χ2v) is 3.99. The number of furan rings is 1. The van der Waals surface area contributed by atoms with E-state index < -0.39 is 5.63 Å². The number of methoxy groups -OCH3 is 1. The first kappa shape index (κ1) is 11.8. The number of benzene rings is 1. The van der Waals surface area contributed by atoms with Crippen molar-refractivity contribution in [3.05, 3.63) is 39.9 Å². The van der Waals surface area contributed by atoms with Crippen molar-refractivity contribution in [2.24, 2.45) is 0 Å². The molecular weight excluding hydrogens is 260 g/mol. The summed E-state index contributed by atoms with van der Waals surface area (Å²) >= 11 is 0. The third-order valence-corrected chi connectivity index (χ3v) is 2.96. The van der Waals surface area contributed by atoms with E-state index in [0.717, 1.165) is 0 Å². The Morgan fingerprint density at radius 2 is 2.00 bits per heavy atom. The lowest BCUT2D eigenvalue weighted by Crippen LogP contribution is -2.00.